The van der Waals surface area contributed by atoms with Crippen molar-refractivity contribution in [2.45, 2.75) is 24.9 Å². The van der Waals surface area contributed by atoms with Crippen molar-refractivity contribution in [2.24, 2.45) is 5.14 Å². The molecular formula is C6H14N4O2S. The highest BCUT2D eigenvalue weighted by Crippen LogP contribution is 2.42. The van der Waals surface area contributed by atoms with E-state index in [0.717, 1.165) is 0 Å². The smallest absolute Gasteiger partial charge is 0.205 e. The second-order valence-corrected chi connectivity index (χ2v) is 4.72. The van der Waals surface area contributed by atoms with Gasteiger partial charge in [0.2, 0.25) is 5.03 Å². The Morgan fingerprint density at radius 2 is 2.31 bits per heavy atom. The lowest BCUT2D eigenvalue weighted by Gasteiger charge is -2.27. The number of aromatic nitrogens is 3. The first kappa shape index (κ1) is 10.5. The quantitative estimate of drug-likeness (QED) is 0.768. The van der Waals surface area contributed by atoms with E-state index < -0.39 is 10.8 Å². The zero-order valence-corrected chi connectivity index (χ0v) is 8.65. The van der Waals surface area contributed by atoms with Crippen molar-refractivity contribution in [1.82, 2.24) is 15.0 Å². The van der Waals surface area contributed by atoms with Crippen LogP contribution in [0.5, 0.6) is 0 Å². The highest BCUT2D eigenvalue weighted by Gasteiger charge is 2.17. The van der Waals surface area contributed by atoms with E-state index in [0.29, 0.717) is 0 Å². The molecule has 0 saturated heterocycles. The summed E-state index contributed by atoms with van der Waals surface area (Å²) in [6, 6.07) is 0.140. The van der Waals surface area contributed by atoms with Crippen LogP contribution in [0.3, 0.4) is 0 Å². The first-order valence-electron chi connectivity index (χ1n) is 3.78. The van der Waals surface area contributed by atoms with Crippen molar-refractivity contribution in [3.8, 4) is 0 Å². The average Bonchev–Trinajstić information content (AvgIpc) is 2.52. The van der Waals surface area contributed by atoms with Crippen molar-refractivity contribution >= 4 is 10.8 Å². The van der Waals surface area contributed by atoms with Crippen LogP contribution in [-0.2, 0) is 4.18 Å². The van der Waals surface area contributed by atoms with Crippen LogP contribution in [0.15, 0.2) is 11.2 Å². The number of nitrogens with zero attached hydrogens (tertiary/aromatic N) is 3. The second kappa shape index (κ2) is 3.62. The lowest BCUT2D eigenvalue weighted by Crippen LogP contribution is -2.13. The van der Waals surface area contributed by atoms with Crippen molar-refractivity contribution in [3.05, 3.63) is 6.20 Å². The molecule has 1 heterocycles. The molecule has 0 aliphatic heterocycles. The molecule has 0 aromatic carbocycles. The van der Waals surface area contributed by atoms with Gasteiger partial charge in [0.25, 0.3) is 0 Å². The summed E-state index contributed by atoms with van der Waals surface area (Å²) in [5.41, 5.74) is 0. The van der Waals surface area contributed by atoms with E-state index in [1.807, 2.05) is 13.8 Å². The third-order valence-electron chi connectivity index (χ3n) is 1.50. The maximum atomic E-state index is 9.51. The van der Waals surface area contributed by atoms with Crippen LogP contribution in [0.2, 0.25) is 0 Å². The van der Waals surface area contributed by atoms with Crippen LogP contribution in [0.25, 0.3) is 0 Å². The maximum absolute atomic E-state index is 9.51. The maximum Gasteiger partial charge on any atom is 0.205 e. The predicted molar refractivity (Wildman–Crippen MR) is 50.1 cm³/mol. The molecule has 0 amide bonds. The standard InChI is InChI=1S/C6H14N4O2S/c1-5(2)10-8-4-6(9-10)13(7,11)12-3/h4-5,11H,7H2,1-3H3. The fourth-order valence-electron chi connectivity index (χ4n) is 0.729. The van der Waals surface area contributed by atoms with Gasteiger partial charge < -0.3 is 0 Å². The molecule has 1 aromatic rings. The van der Waals surface area contributed by atoms with Gasteiger partial charge >= 0.3 is 0 Å². The largest absolute Gasteiger partial charge is 0.280 e. The van der Waals surface area contributed by atoms with E-state index in [1.165, 1.54) is 18.1 Å². The van der Waals surface area contributed by atoms with Crippen molar-refractivity contribution in [3.63, 3.8) is 0 Å². The number of nitrogens with two attached hydrogens (primary N) is 1. The molecule has 0 fully saturated rings. The van der Waals surface area contributed by atoms with Crippen LogP contribution in [0.1, 0.15) is 19.9 Å². The molecule has 0 aliphatic rings. The summed E-state index contributed by atoms with van der Waals surface area (Å²) in [5, 5.41) is 13.7. The van der Waals surface area contributed by atoms with E-state index in [9.17, 15) is 4.55 Å². The Morgan fingerprint density at radius 3 is 2.69 bits per heavy atom. The van der Waals surface area contributed by atoms with Gasteiger partial charge in [-0.1, -0.05) is 10.8 Å². The van der Waals surface area contributed by atoms with E-state index >= 15 is 0 Å². The monoisotopic (exact) mass is 206 g/mol. The van der Waals surface area contributed by atoms with Gasteiger partial charge in [-0.05, 0) is 13.8 Å². The van der Waals surface area contributed by atoms with Crippen molar-refractivity contribution in [2.75, 3.05) is 7.11 Å². The minimum Gasteiger partial charge on any atom is -0.280 e. The highest BCUT2D eigenvalue weighted by molar-refractivity contribution is 8.23. The molecule has 6 nitrogen and oxygen atoms in total. The summed E-state index contributed by atoms with van der Waals surface area (Å²) in [4.78, 5) is 1.47. The minimum absolute atomic E-state index is 0.140. The van der Waals surface area contributed by atoms with Crippen molar-refractivity contribution < 1.29 is 8.74 Å². The molecule has 1 rings (SSSR count). The fraction of sp³-hybridized carbons (Fsp3) is 0.667. The minimum atomic E-state index is -2.71. The zero-order valence-electron chi connectivity index (χ0n) is 7.84. The molecule has 76 valence electrons. The van der Waals surface area contributed by atoms with E-state index in [-0.39, 0.29) is 11.1 Å². The summed E-state index contributed by atoms with van der Waals surface area (Å²) in [6.07, 6.45) is 1.42. The summed E-state index contributed by atoms with van der Waals surface area (Å²) in [6.45, 7) is 3.86. The second-order valence-electron chi connectivity index (χ2n) is 2.83. The molecule has 0 aliphatic carbocycles. The third kappa shape index (κ3) is 2.19. The summed E-state index contributed by atoms with van der Waals surface area (Å²) in [5.74, 6) is 0. The van der Waals surface area contributed by atoms with Crippen LogP contribution >= 0.6 is 10.8 Å². The van der Waals surface area contributed by atoms with Crippen LogP contribution in [-0.4, -0.2) is 26.7 Å². The van der Waals surface area contributed by atoms with E-state index in [4.69, 9.17) is 9.32 Å². The normalized spacial score (nSPS) is 18.6. The molecule has 0 spiro atoms. The predicted octanol–water partition coefficient (Wildman–Crippen LogP) is 0.931. The molecule has 0 radical (unpaired) electrons. The Hall–Kier alpha value is -0.630. The number of hydrogen-bond donors (Lipinski definition) is 2. The van der Waals surface area contributed by atoms with Crippen LogP contribution in [0.4, 0.5) is 0 Å². The highest BCUT2D eigenvalue weighted by atomic mass is 32.3. The summed E-state index contributed by atoms with van der Waals surface area (Å²) < 4.78 is 14.2. The van der Waals surface area contributed by atoms with E-state index in [1.54, 1.807) is 0 Å². The Bertz CT molecular complexity index is 286. The number of hydrogen-bond acceptors (Lipinski definition) is 5. The number of rotatable bonds is 3. The molecule has 1 unspecified atom stereocenters. The van der Waals surface area contributed by atoms with Gasteiger partial charge in [-0.2, -0.15) is 9.90 Å². The van der Waals surface area contributed by atoms with Gasteiger partial charge in [0.1, 0.15) is 0 Å². The summed E-state index contributed by atoms with van der Waals surface area (Å²) in [7, 11) is -1.37. The molecule has 0 saturated carbocycles. The molecule has 3 N–H and O–H groups in total. The van der Waals surface area contributed by atoms with Crippen LogP contribution < -0.4 is 5.14 Å². The average molecular weight is 206 g/mol. The first-order valence-corrected chi connectivity index (χ1v) is 5.36. The Labute approximate surface area is 78.5 Å². The lowest BCUT2D eigenvalue weighted by molar-refractivity contribution is 0.389. The molecule has 13 heavy (non-hydrogen) atoms. The van der Waals surface area contributed by atoms with Gasteiger partial charge in [-0.25, -0.2) is 5.14 Å². The topological polar surface area (TPSA) is 86.2 Å². The van der Waals surface area contributed by atoms with Crippen molar-refractivity contribution in [1.29, 1.82) is 0 Å². The molecule has 0 bridgehead atoms. The van der Waals surface area contributed by atoms with Crippen LogP contribution in [0, 0.1) is 0 Å². The SMILES string of the molecule is COS(N)(O)c1cnn(C(C)C)n1. The lowest BCUT2D eigenvalue weighted by atomic mass is 10.4. The Balaban J connectivity index is 2.91. The molecule has 1 atom stereocenters. The fourth-order valence-corrected chi connectivity index (χ4v) is 1.30. The molecular weight excluding hydrogens is 192 g/mol. The molecule has 7 heteroatoms. The third-order valence-corrected chi connectivity index (χ3v) is 2.80. The Morgan fingerprint density at radius 1 is 1.69 bits per heavy atom. The van der Waals surface area contributed by atoms with Gasteiger partial charge in [0, 0.05) is 0 Å². The molecule has 1 aromatic heterocycles. The van der Waals surface area contributed by atoms with E-state index in [2.05, 4.69) is 10.2 Å². The zero-order chi connectivity index (χ0) is 10.1. The van der Waals surface area contributed by atoms with Gasteiger partial charge in [-0.15, -0.1) is 5.10 Å². The van der Waals surface area contributed by atoms with Gasteiger partial charge in [-0.3, -0.25) is 8.74 Å². The van der Waals surface area contributed by atoms with Gasteiger partial charge in [0.05, 0.1) is 19.3 Å². The first-order chi connectivity index (χ1) is 5.97. The summed E-state index contributed by atoms with van der Waals surface area (Å²) >= 11 is 0. The van der Waals surface area contributed by atoms with Gasteiger partial charge in [0.15, 0.2) is 0 Å². The Kier molecular flexibility index (Phi) is 2.91.